The Labute approximate surface area is 109 Å². The summed E-state index contributed by atoms with van der Waals surface area (Å²) in [5.41, 5.74) is 1.21. The third-order valence-electron chi connectivity index (χ3n) is 3.36. The van der Waals surface area contributed by atoms with Gasteiger partial charge in [0.15, 0.2) is 0 Å². The first-order valence-electron chi connectivity index (χ1n) is 6.51. The molecule has 1 nitrogen and oxygen atoms in total. The van der Waals surface area contributed by atoms with Crippen LogP contribution in [0.4, 0.5) is 0 Å². The molecule has 1 N–H and O–H groups in total. The van der Waals surface area contributed by atoms with Gasteiger partial charge in [0.25, 0.3) is 0 Å². The molecule has 0 saturated heterocycles. The SMILES string of the molecule is C=C(C)CNCC(CC)[CH2][Ge]([Cl])([CH2]C)[CH2]C. The van der Waals surface area contributed by atoms with Crippen molar-refractivity contribution in [1.29, 1.82) is 0 Å². The minimum atomic E-state index is -1.96. The monoisotopic (exact) mass is 307 g/mol. The van der Waals surface area contributed by atoms with Crippen LogP contribution in [0, 0.1) is 5.92 Å². The molecule has 1 atom stereocenters. The first-order chi connectivity index (χ1) is 7.47. The predicted octanol–water partition coefficient (Wildman–Crippen LogP) is 4.40. The maximum atomic E-state index is 6.77. The van der Waals surface area contributed by atoms with Crippen molar-refractivity contribution in [3.05, 3.63) is 12.2 Å². The van der Waals surface area contributed by atoms with Gasteiger partial charge >= 0.3 is 109 Å². The molecule has 0 amide bonds. The van der Waals surface area contributed by atoms with Crippen molar-refractivity contribution in [2.24, 2.45) is 5.92 Å². The van der Waals surface area contributed by atoms with E-state index in [1.54, 1.807) is 0 Å². The maximum absolute atomic E-state index is 6.77. The van der Waals surface area contributed by atoms with Gasteiger partial charge in [0, 0.05) is 0 Å². The molecule has 0 aromatic heterocycles. The molecule has 0 heterocycles. The Bertz CT molecular complexity index is 202. The molecule has 0 rings (SSSR count). The van der Waals surface area contributed by atoms with E-state index in [0.717, 1.165) is 19.0 Å². The molecule has 0 aliphatic carbocycles. The number of halogens is 1. The first-order valence-corrected chi connectivity index (χ1v) is 13.7. The van der Waals surface area contributed by atoms with Gasteiger partial charge in [-0.15, -0.1) is 0 Å². The van der Waals surface area contributed by atoms with E-state index in [9.17, 15) is 0 Å². The average Bonchev–Trinajstić information content (AvgIpc) is 2.27. The van der Waals surface area contributed by atoms with E-state index in [-0.39, 0.29) is 0 Å². The molecule has 0 bridgehead atoms. The summed E-state index contributed by atoms with van der Waals surface area (Å²) in [6.07, 6.45) is 1.24. The number of hydrogen-bond acceptors (Lipinski definition) is 1. The Morgan fingerprint density at radius 2 is 1.88 bits per heavy atom. The van der Waals surface area contributed by atoms with E-state index in [4.69, 9.17) is 10.0 Å². The fourth-order valence-electron chi connectivity index (χ4n) is 1.91. The summed E-state index contributed by atoms with van der Waals surface area (Å²) >= 11 is -1.96. The summed E-state index contributed by atoms with van der Waals surface area (Å²) in [6.45, 7) is 14.8. The van der Waals surface area contributed by atoms with E-state index >= 15 is 0 Å². The van der Waals surface area contributed by atoms with E-state index in [0.29, 0.717) is 0 Å². The molecule has 96 valence electrons. The molecule has 0 aromatic carbocycles. The Hall–Kier alpha value is 0.533. The molecule has 0 aromatic rings. The van der Waals surface area contributed by atoms with E-state index in [2.05, 4.69) is 39.6 Å². The quantitative estimate of drug-likeness (QED) is 0.492. The van der Waals surface area contributed by atoms with Crippen molar-refractivity contribution in [2.75, 3.05) is 13.1 Å². The van der Waals surface area contributed by atoms with Crippen LogP contribution in [0.15, 0.2) is 12.2 Å². The van der Waals surface area contributed by atoms with Crippen molar-refractivity contribution in [3.8, 4) is 0 Å². The Morgan fingerprint density at radius 3 is 2.25 bits per heavy atom. The Kier molecular flexibility index (Phi) is 8.88. The molecular weight excluding hydrogens is 278 g/mol. The summed E-state index contributed by atoms with van der Waals surface area (Å²) in [5, 5.41) is 7.27. The van der Waals surface area contributed by atoms with E-state index in [1.807, 2.05) is 0 Å². The standard InChI is InChI=1S/C13H28ClGeN/c1-6-13(11-16-10-12(4)5)9-15(14,7-2)8-3/h13,16H,4,6-11H2,1-3,5H3. The Morgan fingerprint density at radius 1 is 1.31 bits per heavy atom. The molecule has 0 aliphatic rings. The molecule has 1 unspecified atom stereocenters. The number of nitrogens with one attached hydrogen (secondary N) is 1. The number of hydrogen-bond donors (Lipinski definition) is 1. The van der Waals surface area contributed by atoms with Gasteiger partial charge in [-0.1, -0.05) is 0 Å². The van der Waals surface area contributed by atoms with Crippen LogP contribution in [-0.2, 0) is 0 Å². The van der Waals surface area contributed by atoms with Gasteiger partial charge in [0.05, 0.1) is 0 Å². The van der Waals surface area contributed by atoms with Gasteiger partial charge < -0.3 is 0 Å². The Balaban J connectivity index is 4.03. The fraction of sp³-hybridized carbons (Fsp3) is 0.846. The van der Waals surface area contributed by atoms with Gasteiger partial charge in [-0.3, -0.25) is 0 Å². The third kappa shape index (κ3) is 6.98. The van der Waals surface area contributed by atoms with Crippen molar-refractivity contribution in [2.45, 2.75) is 49.9 Å². The fourth-order valence-corrected chi connectivity index (χ4v) is 8.38. The minimum absolute atomic E-state index is 0.761. The molecule has 16 heavy (non-hydrogen) atoms. The van der Waals surface area contributed by atoms with Crippen molar-refractivity contribution in [1.82, 2.24) is 5.32 Å². The van der Waals surface area contributed by atoms with Crippen LogP contribution in [-0.4, -0.2) is 25.4 Å². The summed E-state index contributed by atoms with van der Waals surface area (Å²) in [4.78, 5) is 0. The molecular formula is C13H28ClGeN. The molecule has 0 radical (unpaired) electrons. The van der Waals surface area contributed by atoms with Crippen LogP contribution in [0.1, 0.15) is 34.1 Å². The molecule has 3 heteroatoms. The normalized spacial score (nSPS) is 13.8. The van der Waals surface area contributed by atoms with Crippen LogP contribution < -0.4 is 5.32 Å². The third-order valence-corrected chi connectivity index (χ3v) is 15.0. The van der Waals surface area contributed by atoms with E-state index < -0.39 is 12.3 Å². The summed E-state index contributed by atoms with van der Waals surface area (Å²) < 4.78 is 0. The zero-order valence-electron chi connectivity index (χ0n) is 11.4. The van der Waals surface area contributed by atoms with Crippen LogP contribution in [0.25, 0.3) is 0 Å². The predicted molar refractivity (Wildman–Crippen MR) is 78.8 cm³/mol. The zero-order chi connectivity index (χ0) is 12.6. The van der Waals surface area contributed by atoms with Crippen molar-refractivity contribution < 1.29 is 0 Å². The molecule has 0 fully saturated rings. The molecule has 0 saturated carbocycles. The van der Waals surface area contributed by atoms with Crippen LogP contribution in [0.3, 0.4) is 0 Å². The molecule has 0 aliphatic heterocycles. The van der Waals surface area contributed by atoms with Gasteiger partial charge in [-0.05, 0) is 0 Å². The van der Waals surface area contributed by atoms with Gasteiger partial charge in [-0.2, -0.15) is 0 Å². The topological polar surface area (TPSA) is 12.0 Å². The second-order valence-electron chi connectivity index (χ2n) is 4.92. The summed E-state index contributed by atoms with van der Waals surface area (Å²) in [5.74, 6) is 0.761. The molecule has 0 spiro atoms. The second kappa shape index (κ2) is 8.60. The summed E-state index contributed by atoms with van der Waals surface area (Å²) in [6, 6.07) is 0. The van der Waals surface area contributed by atoms with Crippen LogP contribution in [0.5, 0.6) is 0 Å². The van der Waals surface area contributed by atoms with Gasteiger partial charge in [0.2, 0.25) is 0 Å². The van der Waals surface area contributed by atoms with Crippen LogP contribution in [0.2, 0.25) is 15.8 Å². The zero-order valence-corrected chi connectivity index (χ0v) is 14.3. The van der Waals surface area contributed by atoms with Crippen LogP contribution >= 0.6 is 10.0 Å². The van der Waals surface area contributed by atoms with Crippen molar-refractivity contribution in [3.63, 3.8) is 0 Å². The second-order valence-corrected chi connectivity index (χ2v) is 17.7. The van der Waals surface area contributed by atoms with Crippen molar-refractivity contribution >= 4 is 22.3 Å². The van der Waals surface area contributed by atoms with E-state index in [1.165, 1.54) is 27.8 Å². The van der Waals surface area contributed by atoms with Gasteiger partial charge in [0.1, 0.15) is 0 Å². The average molecular weight is 306 g/mol. The van der Waals surface area contributed by atoms with Gasteiger partial charge in [-0.25, -0.2) is 0 Å². The number of rotatable bonds is 9. The summed E-state index contributed by atoms with van der Waals surface area (Å²) in [7, 11) is 6.77. The first kappa shape index (κ1) is 16.5.